The fourth-order valence-corrected chi connectivity index (χ4v) is 1.66. The standard InChI is InChI=1S/C13H13N3OS/c1-16(10-3-5-11(17)6-4-10)12-7-2-9(8-15-12)13(14)18/h2-8,17H,1H3,(H2,14,18). The second-order valence-corrected chi connectivity index (χ2v) is 4.28. The van der Waals surface area contributed by atoms with Crippen molar-refractivity contribution in [3.8, 4) is 5.75 Å². The second-order valence-electron chi connectivity index (χ2n) is 3.84. The molecule has 0 amide bonds. The van der Waals surface area contributed by atoms with Gasteiger partial charge in [-0.2, -0.15) is 0 Å². The van der Waals surface area contributed by atoms with Gasteiger partial charge >= 0.3 is 0 Å². The summed E-state index contributed by atoms with van der Waals surface area (Å²) in [6.07, 6.45) is 1.65. The van der Waals surface area contributed by atoms with Gasteiger partial charge in [-0.15, -0.1) is 0 Å². The van der Waals surface area contributed by atoms with Gasteiger partial charge < -0.3 is 15.7 Å². The Labute approximate surface area is 111 Å². The molecule has 0 aliphatic carbocycles. The fourth-order valence-electron chi connectivity index (χ4n) is 1.54. The molecule has 1 heterocycles. The van der Waals surface area contributed by atoms with Gasteiger partial charge in [-0.25, -0.2) is 4.98 Å². The number of aromatic hydroxyl groups is 1. The van der Waals surface area contributed by atoms with Crippen molar-refractivity contribution in [3.05, 3.63) is 48.2 Å². The zero-order valence-electron chi connectivity index (χ0n) is 9.87. The van der Waals surface area contributed by atoms with Crippen molar-refractivity contribution in [2.24, 2.45) is 5.73 Å². The molecule has 0 atom stereocenters. The molecule has 4 nitrogen and oxygen atoms in total. The number of phenols is 1. The lowest BCUT2D eigenvalue weighted by atomic mass is 10.2. The number of rotatable bonds is 3. The predicted octanol–water partition coefficient (Wildman–Crippen LogP) is 2.19. The van der Waals surface area contributed by atoms with E-state index in [1.807, 2.05) is 36.2 Å². The van der Waals surface area contributed by atoms with Crippen LogP contribution < -0.4 is 10.6 Å². The lowest BCUT2D eigenvalue weighted by Gasteiger charge is -2.18. The van der Waals surface area contributed by atoms with Crippen LogP contribution in [0, 0.1) is 0 Å². The third-order valence-corrected chi connectivity index (χ3v) is 2.85. The van der Waals surface area contributed by atoms with Crippen LogP contribution in [0.2, 0.25) is 0 Å². The van der Waals surface area contributed by atoms with Crippen molar-refractivity contribution in [3.63, 3.8) is 0 Å². The molecule has 18 heavy (non-hydrogen) atoms. The first-order chi connectivity index (χ1) is 8.58. The molecule has 0 fully saturated rings. The van der Waals surface area contributed by atoms with Crippen molar-refractivity contribution >= 4 is 28.7 Å². The average Bonchev–Trinajstić information content (AvgIpc) is 2.39. The molecule has 5 heteroatoms. The third kappa shape index (κ3) is 2.57. The van der Waals surface area contributed by atoms with E-state index in [1.165, 1.54) is 0 Å². The molecule has 0 aliphatic heterocycles. The number of nitrogens with two attached hydrogens (primary N) is 1. The summed E-state index contributed by atoms with van der Waals surface area (Å²) >= 11 is 4.88. The summed E-state index contributed by atoms with van der Waals surface area (Å²) in [6.45, 7) is 0. The topological polar surface area (TPSA) is 62.4 Å². The van der Waals surface area contributed by atoms with Crippen molar-refractivity contribution in [2.45, 2.75) is 0 Å². The zero-order valence-corrected chi connectivity index (χ0v) is 10.7. The highest BCUT2D eigenvalue weighted by Crippen LogP contribution is 2.23. The summed E-state index contributed by atoms with van der Waals surface area (Å²) in [5.74, 6) is 1.02. The number of benzene rings is 1. The van der Waals surface area contributed by atoms with E-state index in [1.54, 1.807) is 18.3 Å². The average molecular weight is 259 g/mol. The van der Waals surface area contributed by atoms with E-state index < -0.39 is 0 Å². The summed E-state index contributed by atoms with van der Waals surface area (Å²) in [4.78, 5) is 6.53. The SMILES string of the molecule is CN(c1ccc(O)cc1)c1ccc(C(N)=S)cn1. The van der Waals surface area contributed by atoms with Gasteiger partial charge in [0.2, 0.25) is 0 Å². The van der Waals surface area contributed by atoms with E-state index in [2.05, 4.69) is 4.98 Å². The normalized spacial score (nSPS) is 10.1. The van der Waals surface area contributed by atoms with Crippen LogP contribution in [0.15, 0.2) is 42.6 Å². The monoisotopic (exact) mass is 259 g/mol. The summed E-state index contributed by atoms with van der Waals surface area (Å²) in [5.41, 5.74) is 7.19. The molecule has 0 radical (unpaired) electrons. The number of pyridine rings is 1. The first-order valence-corrected chi connectivity index (χ1v) is 5.77. The molecule has 0 unspecified atom stereocenters. The van der Waals surface area contributed by atoms with Crippen molar-refractivity contribution in [2.75, 3.05) is 11.9 Å². The first-order valence-electron chi connectivity index (χ1n) is 5.36. The molecule has 0 saturated heterocycles. The molecule has 3 N–H and O–H groups in total. The Morgan fingerprint density at radius 1 is 1.22 bits per heavy atom. The maximum absolute atomic E-state index is 9.24. The highest BCUT2D eigenvalue weighted by molar-refractivity contribution is 7.80. The van der Waals surface area contributed by atoms with Gasteiger partial charge in [0, 0.05) is 24.5 Å². The van der Waals surface area contributed by atoms with Crippen molar-refractivity contribution < 1.29 is 5.11 Å². The van der Waals surface area contributed by atoms with Crippen LogP contribution in [0.4, 0.5) is 11.5 Å². The van der Waals surface area contributed by atoms with E-state index in [4.69, 9.17) is 18.0 Å². The van der Waals surface area contributed by atoms with Gasteiger partial charge in [0.15, 0.2) is 0 Å². The van der Waals surface area contributed by atoms with Crippen LogP contribution in [0.5, 0.6) is 5.75 Å². The molecule has 1 aromatic heterocycles. The highest BCUT2D eigenvalue weighted by Gasteiger charge is 2.05. The molecule has 0 bridgehead atoms. The second kappa shape index (κ2) is 5.01. The maximum Gasteiger partial charge on any atom is 0.132 e. The Bertz CT molecular complexity index is 551. The number of anilines is 2. The van der Waals surface area contributed by atoms with Crippen LogP contribution in [0.3, 0.4) is 0 Å². The molecular formula is C13H13N3OS. The Hall–Kier alpha value is -2.14. The Morgan fingerprint density at radius 2 is 1.89 bits per heavy atom. The van der Waals surface area contributed by atoms with E-state index in [0.29, 0.717) is 4.99 Å². The summed E-state index contributed by atoms with van der Waals surface area (Å²) in [7, 11) is 1.90. The summed E-state index contributed by atoms with van der Waals surface area (Å²) < 4.78 is 0. The largest absolute Gasteiger partial charge is 0.508 e. The number of thiocarbonyl (C=S) groups is 1. The van der Waals surface area contributed by atoms with Gasteiger partial charge in [0.1, 0.15) is 16.6 Å². The number of aromatic nitrogens is 1. The molecule has 2 aromatic rings. The zero-order chi connectivity index (χ0) is 13.1. The number of hydrogen-bond donors (Lipinski definition) is 2. The highest BCUT2D eigenvalue weighted by atomic mass is 32.1. The van der Waals surface area contributed by atoms with E-state index in [0.717, 1.165) is 17.1 Å². The summed E-state index contributed by atoms with van der Waals surface area (Å²) in [5, 5.41) is 9.24. The lowest BCUT2D eigenvalue weighted by molar-refractivity contribution is 0.475. The molecule has 92 valence electrons. The van der Waals surface area contributed by atoms with E-state index in [9.17, 15) is 5.11 Å². The lowest BCUT2D eigenvalue weighted by Crippen LogP contribution is -2.13. The van der Waals surface area contributed by atoms with Crippen molar-refractivity contribution in [1.29, 1.82) is 0 Å². The first kappa shape index (κ1) is 12.3. The smallest absolute Gasteiger partial charge is 0.132 e. The minimum absolute atomic E-state index is 0.240. The minimum Gasteiger partial charge on any atom is -0.508 e. The maximum atomic E-state index is 9.24. The van der Waals surface area contributed by atoms with Crippen LogP contribution in [0.25, 0.3) is 0 Å². The van der Waals surface area contributed by atoms with Gasteiger partial charge in [-0.05, 0) is 36.4 Å². The third-order valence-electron chi connectivity index (χ3n) is 2.61. The fraction of sp³-hybridized carbons (Fsp3) is 0.0769. The predicted molar refractivity (Wildman–Crippen MR) is 76.3 cm³/mol. The quantitative estimate of drug-likeness (QED) is 0.827. The van der Waals surface area contributed by atoms with Crippen LogP contribution >= 0.6 is 12.2 Å². The minimum atomic E-state index is 0.240. The molecule has 0 spiro atoms. The van der Waals surface area contributed by atoms with Gasteiger partial charge in [0.25, 0.3) is 0 Å². The van der Waals surface area contributed by atoms with Gasteiger partial charge in [-0.3, -0.25) is 0 Å². The Balaban J connectivity index is 2.25. The summed E-state index contributed by atoms with van der Waals surface area (Å²) in [6, 6.07) is 10.6. The Morgan fingerprint density at radius 3 is 2.39 bits per heavy atom. The van der Waals surface area contributed by atoms with E-state index >= 15 is 0 Å². The molecular weight excluding hydrogens is 246 g/mol. The number of phenolic OH excluding ortho intramolecular Hbond substituents is 1. The number of nitrogens with zero attached hydrogens (tertiary/aromatic N) is 2. The van der Waals surface area contributed by atoms with Crippen LogP contribution in [-0.4, -0.2) is 22.1 Å². The van der Waals surface area contributed by atoms with Crippen LogP contribution in [0.1, 0.15) is 5.56 Å². The van der Waals surface area contributed by atoms with Gasteiger partial charge in [0.05, 0.1) is 0 Å². The number of hydrogen-bond acceptors (Lipinski definition) is 4. The van der Waals surface area contributed by atoms with Crippen LogP contribution in [-0.2, 0) is 0 Å². The molecule has 0 aliphatic rings. The molecule has 0 saturated carbocycles. The molecule has 2 rings (SSSR count). The van der Waals surface area contributed by atoms with Gasteiger partial charge in [-0.1, -0.05) is 12.2 Å². The van der Waals surface area contributed by atoms with E-state index in [-0.39, 0.29) is 5.75 Å². The molecule has 1 aromatic carbocycles. The van der Waals surface area contributed by atoms with Crippen molar-refractivity contribution in [1.82, 2.24) is 4.98 Å². The Kier molecular flexibility index (Phi) is 3.43.